The van der Waals surface area contributed by atoms with Crippen molar-refractivity contribution in [3.8, 4) is 0 Å². The second-order valence-corrected chi connectivity index (χ2v) is 5.80. The van der Waals surface area contributed by atoms with E-state index >= 15 is 0 Å². The molecule has 2 rings (SSSR count). The minimum atomic E-state index is -0.294. The minimum absolute atomic E-state index is 0.179. The molecule has 21 heavy (non-hydrogen) atoms. The fourth-order valence-electron chi connectivity index (χ4n) is 2.92. The summed E-state index contributed by atoms with van der Waals surface area (Å²) in [6.45, 7) is 1.58. The number of amides is 1. The number of hydrogen-bond donors (Lipinski definition) is 2. The van der Waals surface area contributed by atoms with Crippen LogP contribution in [0.1, 0.15) is 48.9 Å². The van der Waals surface area contributed by atoms with Gasteiger partial charge in [0, 0.05) is 31.0 Å². The molecule has 116 valence electrons. The van der Waals surface area contributed by atoms with Crippen LogP contribution in [0.4, 0.5) is 0 Å². The van der Waals surface area contributed by atoms with Crippen LogP contribution >= 0.6 is 0 Å². The van der Waals surface area contributed by atoms with E-state index in [1.165, 1.54) is 50.6 Å². The van der Waals surface area contributed by atoms with Gasteiger partial charge in [-0.15, -0.1) is 0 Å². The third-order valence-corrected chi connectivity index (χ3v) is 4.24. The second kappa shape index (κ2) is 7.98. The monoisotopic (exact) mass is 291 g/mol. The summed E-state index contributed by atoms with van der Waals surface area (Å²) in [7, 11) is 2.17. The highest BCUT2D eigenvalue weighted by molar-refractivity contribution is 5.93. The molecule has 1 aliphatic carbocycles. The van der Waals surface area contributed by atoms with Gasteiger partial charge < -0.3 is 15.2 Å². The molecular formula is C16H25N3O2. The summed E-state index contributed by atoms with van der Waals surface area (Å²) in [4.78, 5) is 28.6. The van der Waals surface area contributed by atoms with E-state index in [0.29, 0.717) is 12.6 Å². The molecule has 5 heteroatoms. The number of pyridine rings is 1. The van der Waals surface area contributed by atoms with Gasteiger partial charge in [0.15, 0.2) is 5.43 Å². The first-order valence-corrected chi connectivity index (χ1v) is 7.84. The molecule has 1 fully saturated rings. The molecule has 1 aromatic heterocycles. The van der Waals surface area contributed by atoms with Gasteiger partial charge in [0.25, 0.3) is 5.91 Å². The third kappa shape index (κ3) is 4.70. The van der Waals surface area contributed by atoms with Gasteiger partial charge in [-0.25, -0.2) is 0 Å². The van der Waals surface area contributed by atoms with Crippen LogP contribution in [0.25, 0.3) is 0 Å². The maximum absolute atomic E-state index is 11.9. The van der Waals surface area contributed by atoms with Crippen LogP contribution in [0.2, 0.25) is 0 Å². The number of aromatic nitrogens is 1. The fourth-order valence-corrected chi connectivity index (χ4v) is 2.92. The van der Waals surface area contributed by atoms with Crippen LogP contribution in [0.15, 0.2) is 23.3 Å². The number of rotatable bonds is 6. The van der Waals surface area contributed by atoms with Crippen molar-refractivity contribution in [1.82, 2.24) is 15.2 Å². The van der Waals surface area contributed by atoms with Gasteiger partial charge in [-0.1, -0.05) is 19.3 Å². The molecule has 1 amide bonds. The van der Waals surface area contributed by atoms with E-state index in [1.54, 1.807) is 0 Å². The lowest BCUT2D eigenvalue weighted by Crippen LogP contribution is -2.36. The van der Waals surface area contributed by atoms with Gasteiger partial charge in [0.05, 0.1) is 0 Å². The summed E-state index contributed by atoms with van der Waals surface area (Å²) in [5.41, 5.74) is -0.0660. The number of aromatic amines is 1. The first-order valence-electron chi connectivity index (χ1n) is 7.84. The van der Waals surface area contributed by atoms with Crippen LogP contribution in [0.5, 0.6) is 0 Å². The molecule has 2 N–H and O–H groups in total. The molecule has 1 saturated carbocycles. The van der Waals surface area contributed by atoms with Crippen molar-refractivity contribution in [3.63, 3.8) is 0 Å². The van der Waals surface area contributed by atoms with E-state index in [1.807, 2.05) is 0 Å². The Bertz CT molecular complexity index is 506. The molecule has 1 aromatic rings. The van der Waals surface area contributed by atoms with Crippen molar-refractivity contribution in [3.05, 3.63) is 34.2 Å². The Balaban J connectivity index is 1.68. The maximum atomic E-state index is 11.9. The molecule has 0 spiro atoms. The first-order chi connectivity index (χ1) is 10.2. The van der Waals surface area contributed by atoms with Crippen molar-refractivity contribution in [1.29, 1.82) is 0 Å². The summed E-state index contributed by atoms with van der Waals surface area (Å²) in [6.07, 6.45) is 10.5. The predicted molar refractivity (Wildman–Crippen MR) is 83.5 cm³/mol. The average molecular weight is 291 g/mol. The van der Waals surface area contributed by atoms with Gasteiger partial charge in [-0.2, -0.15) is 0 Å². The van der Waals surface area contributed by atoms with Crippen molar-refractivity contribution in [2.45, 2.75) is 44.6 Å². The number of hydrogen-bond acceptors (Lipinski definition) is 3. The Morgan fingerprint density at radius 2 is 2.14 bits per heavy atom. The van der Waals surface area contributed by atoms with Gasteiger partial charge in [-0.3, -0.25) is 9.59 Å². The largest absolute Gasteiger partial charge is 0.367 e. The molecule has 1 aliphatic rings. The average Bonchev–Trinajstić information content (AvgIpc) is 2.52. The molecule has 0 aliphatic heterocycles. The Hall–Kier alpha value is -1.62. The summed E-state index contributed by atoms with van der Waals surface area (Å²) in [5.74, 6) is -0.294. The normalized spacial score (nSPS) is 16.1. The van der Waals surface area contributed by atoms with Gasteiger partial charge in [0.1, 0.15) is 5.56 Å². The number of nitrogens with one attached hydrogen (secondary N) is 2. The minimum Gasteiger partial charge on any atom is -0.367 e. The highest BCUT2D eigenvalue weighted by atomic mass is 16.2. The van der Waals surface area contributed by atoms with Crippen molar-refractivity contribution in [2.75, 3.05) is 20.1 Å². The van der Waals surface area contributed by atoms with Crippen LogP contribution < -0.4 is 10.7 Å². The molecule has 0 unspecified atom stereocenters. The first kappa shape index (κ1) is 15.8. The predicted octanol–water partition coefficient (Wildman–Crippen LogP) is 1.76. The standard InChI is InChI=1S/C16H25N3O2/c1-19(13-6-3-2-4-7-13)11-5-9-18-16(21)14-12-17-10-8-15(14)20/h8,10,12-13H,2-7,9,11H2,1H3,(H,17,20)(H,18,21). The third-order valence-electron chi connectivity index (χ3n) is 4.24. The summed E-state index contributed by atoms with van der Waals surface area (Å²) < 4.78 is 0. The molecule has 0 atom stereocenters. The van der Waals surface area contributed by atoms with Crippen molar-refractivity contribution < 1.29 is 4.79 Å². The lowest BCUT2D eigenvalue weighted by Gasteiger charge is -2.31. The summed E-state index contributed by atoms with van der Waals surface area (Å²) in [6, 6.07) is 2.07. The SMILES string of the molecule is CN(CCCNC(=O)c1c[nH]ccc1=O)C1CCCCC1. The molecule has 1 heterocycles. The molecule has 0 aromatic carbocycles. The number of nitrogens with zero attached hydrogens (tertiary/aromatic N) is 1. The number of H-pyrrole nitrogens is 1. The van der Waals surface area contributed by atoms with Crippen LogP contribution in [-0.4, -0.2) is 42.0 Å². The fraction of sp³-hybridized carbons (Fsp3) is 0.625. The van der Waals surface area contributed by atoms with Crippen LogP contribution in [0.3, 0.4) is 0 Å². The Morgan fingerprint density at radius 3 is 2.86 bits per heavy atom. The van der Waals surface area contributed by atoms with Gasteiger partial charge in [-0.05, 0) is 32.9 Å². The lowest BCUT2D eigenvalue weighted by atomic mass is 9.94. The molecular weight excluding hydrogens is 266 g/mol. The van der Waals surface area contributed by atoms with E-state index < -0.39 is 0 Å². The molecule has 0 bridgehead atoms. The van der Waals surface area contributed by atoms with E-state index in [4.69, 9.17) is 0 Å². The smallest absolute Gasteiger partial charge is 0.256 e. The van der Waals surface area contributed by atoms with Gasteiger partial charge >= 0.3 is 0 Å². The zero-order valence-corrected chi connectivity index (χ0v) is 12.7. The number of carbonyl (C=O) groups excluding carboxylic acids is 1. The second-order valence-electron chi connectivity index (χ2n) is 5.80. The maximum Gasteiger partial charge on any atom is 0.256 e. The lowest BCUT2D eigenvalue weighted by molar-refractivity contribution is 0.0949. The quantitative estimate of drug-likeness (QED) is 0.785. The van der Waals surface area contributed by atoms with E-state index in [-0.39, 0.29) is 16.9 Å². The zero-order chi connectivity index (χ0) is 15.1. The van der Waals surface area contributed by atoms with E-state index in [9.17, 15) is 9.59 Å². The molecule has 0 saturated heterocycles. The molecule has 0 radical (unpaired) electrons. The Morgan fingerprint density at radius 1 is 1.38 bits per heavy atom. The van der Waals surface area contributed by atoms with E-state index in [2.05, 4.69) is 22.2 Å². The topological polar surface area (TPSA) is 65.2 Å². The summed E-state index contributed by atoms with van der Waals surface area (Å²) >= 11 is 0. The Labute approximate surface area is 125 Å². The van der Waals surface area contributed by atoms with Crippen LogP contribution in [-0.2, 0) is 0 Å². The van der Waals surface area contributed by atoms with Crippen LogP contribution in [0, 0.1) is 0 Å². The number of carbonyl (C=O) groups is 1. The van der Waals surface area contributed by atoms with Gasteiger partial charge in [0.2, 0.25) is 0 Å². The van der Waals surface area contributed by atoms with Crippen molar-refractivity contribution >= 4 is 5.91 Å². The van der Waals surface area contributed by atoms with Crippen molar-refractivity contribution in [2.24, 2.45) is 0 Å². The molecule has 5 nitrogen and oxygen atoms in total. The van der Waals surface area contributed by atoms with E-state index in [0.717, 1.165) is 13.0 Å². The highest BCUT2D eigenvalue weighted by Gasteiger charge is 2.17. The highest BCUT2D eigenvalue weighted by Crippen LogP contribution is 2.21. The summed E-state index contributed by atoms with van der Waals surface area (Å²) in [5, 5.41) is 2.81. The zero-order valence-electron chi connectivity index (χ0n) is 12.7. The Kier molecular flexibility index (Phi) is 5.99.